The number of hydrogen-bond donors (Lipinski definition) is 0. The van der Waals surface area contributed by atoms with Gasteiger partial charge in [0.15, 0.2) is 0 Å². The second-order valence-electron chi connectivity index (χ2n) is 9.08. The fourth-order valence-corrected chi connectivity index (χ4v) is 4.69. The van der Waals surface area contributed by atoms with E-state index in [0.29, 0.717) is 22.7 Å². The molecule has 0 aliphatic heterocycles. The quantitative estimate of drug-likeness (QED) is 0.391. The standard InChI is InChI=1S/C27H28N4O4/c1-16-10-26(35-19(4)32)18(3)25-12-21(8-9-24(16)25)17(2)27(33)34-15-22-14-31(30-29-22)23-7-5-6-20(11-23)13-28/h5-7,10-11,14,17,21H,8-9,12,15H2,1-4H3/t17-,21-/m1/s1. The number of nitriles is 1. The molecule has 0 saturated carbocycles. The van der Waals surface area contributed by atoms with Crippen molar-refractivity contribution in [2.24, 2.45) is 11.8 Å². The number of fused-ring (bicyclic) bond motifs is 1. The molecule has 8 heteroatoms. The summed E-state index contributed by atoms with van der Waals surface area (Å²) in [4.78, 5) is 24.4. The van der Waals surface area contributed by atoms with Crippen LogP contribution in [0.5, 0.6) is 5.75 Å². The average molecular weight is 473 g/mol. The second-order valence-corrected chi connectivity index (χ2v) is 9.08. The van der Waals surface area contributed by atoms with Crippen molar-refractivity contribution < 1.29 is 19.1 Å². The number of benzene rings is 2. The summed E-state index contributed by atoms with van der Waals surface area (Å²) in [6.07, 6.45) is 4.19. The van der Waals surface area contributed by atoms with Gasteiger partial charge in [-0.05, 0) is 85.5 Å². The van der Waals surface area contributed by atoms with E-state index in [4.69, 9.17) is 14.7 Å². The first-order valence-electron chi connectivity index (χ1n) is 11.7. The molecule has 0 unspecified atom stereocenters. The highest BCUT2D eigenvalue weighted by Crippen LogP contribution is 2.38. The van der Waals surface area contributed by atoms with Gasteiger partial charge in [0.2, 0.25) is 0 Å². The number of carbonyl (C=O) groups is 2. The topological polar surface area (TPSA) is 107 Å². The number of aromatic nitrogens is 3. The van der Waals surface area contributed by atoms with Gasteiger partial charge in [-0.1, -0.05) is 18.2 Å². The summed E-state index contributed by atoms with van der Waals surface area (Å²) in [5, 5.41) is 17.2. The predicted octanol–water partition coefficient (Wildman–Crippen LogP) is 4.17. The lowest BCUT2D eigenvalue weighted by Crippen LogP contribution is -2.29. The molecular weight excluding hydrogens is 444 g/mol. The van der Waals surface area contributed by atoms with Gasteiger partial charge in [0.25, 0.3) is 0 Å². The van der Waals surface area contributed by atoms with Crippen LogP contribution < -0.4 is 4.74 Å². The Morgan fingerprint density at radius 3 is 2.80 bits per heavy atom. The maximum Gasteiger partial charge on any atom is 0.309 e. The molecule has 4 rings (SSSR count). The third-order valence-electron chi connectivity index (χ3n) is 6.72. The van der Waals surface area contributed by atoms with E-state index in [9.17, 15) is 9.59 Å². The Balaban J connectivity index is 1.41. The summed E-state index contributed by atoms with van der Waals surface area (Å²) in [6.45, 7) is 7.33. The SMILES string of the molecule is CC(=O)Oc1cc(C)c2c(c1C)C[C@H]([C@@H](C)C(=O)OCc1cn(-c3cccc(C#N)c3)nn1)CC2. The zero-order valence-corrected chi connectivity index (χ0v) is 20.4. The van der Waals surface area contributed by atoms with E-state index in [0.717, 1.165) is 30.4 Å². The smallest absolute Gasteiger partial charge is 0.309 e. The molecule has 0 bridgehead atoms. The second kappa shape index (κ2) is 10.1. The fraction of sp³-hybridized carbons (Fsp3) is 0.370. The average Bonchev–Trinajstić information content (AvgIpc) is 3.34. The van der Waals surface area contributed by atoms with Crippen molar-refractivity contribution >= 4 is 11.9 Å². The lowest BCUT2D eigenvalue weighted by Gasteiger charge is -2.31. The summed E-state index contributed by atoms with van der Waals surface area (Å²) < 4.78 is 12.5. The van der Waals surface area contributed by atoms with E-state index < -0.39 is 0 Å². The van der Waals surface area contributed by atoms with Crippen molar-refractivity contribution in [1.82, 2.24) is 15.0 Å². The van der Waals surface area contributed by atoms with Crippen LogP contribution in [0.4, 0.5) is 0 Å². The van der Waals surface area contributed by atoms with Gasteiger partial charge in [0, 0.05) is 6.92 Å². The molecule has 1 aliphatic carbocycles. The minimum Gasteiger partial charge on any atom is -0.459 e. The van der Waals surface area contributed by atoms with E-state index >= 15 is 0 Å². The molecule has 180 valence electrons. The first-order valence-corrected chi connectivity index (χ1v) is 11.7. The molecule has 2 aromatic carbocycles. The number of nitrogens with zero attached hydrogens (tertiary/aromatic N) is 4. The van der Waals surface area contributed by atoms with E-state index in [1.54, 1.807) is 29.1 Å². The minimum atomic E-state index is -0.341. The molecule has 0 spiro atoms. The van der Waals surface area contributed by atoms with Crippen LogP contribution in [0.2, 0.25) is 0 Å². The summed E-state index contributed by atoms with van der Waals surface area (Å²) in [5.74, 6) is -0.183. The largest absolute Gasteiger partial charge is 0.459 e. The summed E-state index contributed by atoms with van der Waals surface area (Å²) in [7, 11) is 0. The molecule has 8 nitrogen and oxygen atoms in total. The highest BCUT2D eigenvalue weighted by molar-refractivity contribution is 5.73. The van der Waals surface area contributed by atoms with Gasteiger partial charge in [0.1, 0.15) is 18.1 Å². The molecule has 35 heavy (non-hydrogen) atoms. The van der Waals surface area contributed by atoms with Crippen LogP contribution in [0, 0.1) is 37.0 Å². The highest BCUT2D eigenvalue weighted by Gasteiger charge is 2.31. The minimum absolute atomic E-state index is 0.0269. The molecule has 1 aromatic heterocycles. The Hall–Kier alpha value is -3.99. The van der Waals surface area contributed by atoms with Crippen molar-refractivity contribution in [3.05, 3.63) is 70.0 Å². The van der Waals surface area contributed by atoms with Gasteiger partial charge in [-0.3, -0.25) is 9.59 Å². The van der Waals surface area contributed by atoms with Crippen molar-refractivity contribution in [3.8, 4) is 17.5 Å². The van der Waals surface area contributed by atoms with Crippen LogP contribution in [0.3, 0.4) is 0 Å². The highest BCUT2D eigenvalue weighted by atomic mass is 16.5. The lowest BCUT2D eigenvalue weighted by molar-refractivity contribution is -0.151. The molecule has 1 aliphatic rings. The summed E-state index contributed by atoms with van der Waals surface area (Å²) in [5.41, 5.74) is 6.29. The predicted molar refractivity (Wildman–Crippen MR) is 128 cm³/mol. The molecule has 0 N–H and O–H groups in total. The number of ether oxygens (including phenoxy) is 2. The fourth-order valence-electron chi connectivity index (χ4n) is 4.69. The Kier molecular flexibility index (Phi) is 6.97. The maximum atomic E-state index is 12.9. The van der Waals surface area contributed by atoms with Gasteiger partial charge in [-0.15, -0.1) is 5.10 Å². The third kappa shape index (κ3) is 5.24. The van der Waals surface area contributed by atoms with Crippen LogP contribution in [0.1, 0.15) is 53.8 Å². The molecule has 0 fully saturated rings. The van der Waals surface area contributed by atoms with Crippen LogP contribution in [0.15, 0.2) is 36.5 Å². The Bertz CT molecular complexity index is 1320. The molecule has 0 saturated heterocycles. The van der Waals surface area contributed by atoms with Gasteiger partial charge >= 0.3 is 11.9 Å². The van der Waals surface area contributed by atoms with Crippen molar-refractivity contribution in [1.29, 1.82) is 5.26 Å². The maximum absolute atomic E-state index is 12.9. The number of hydrogen-bond acceptors (Lipinski definition) is 7. The van der Waals surface area contributed by atoms with Crippen LogP contribution in [-0.2, 0) is 33.8 Å². The van der Waals surface area contributed by atoms with Gasteiger partial charge in [-0.2, -0.15) is 5.26 Å². The monoisotopic (exact) mass is 472 g/mol. The number of esters is 2. The van der Waals surface area contributed by atoms with Crippen molar-refractivity contribution in [3.63, 3.8) is 0 Å². The van der Waals surface area contributed by atoms with Gasteiger partial charge < -0.3 is 9.47 Å². The zero-order valence-electron chi connectivity index (χ0n) is 20.4. The molecule has 1 heterocycles. The van der Waals surface area contributed by atoms with Crippen LogP contribution in [0.25, 0.3) is 5.69 Å². The Morgan fingerprint density at radius 1 is 1.26 bits per heavy atom. The van der Waals surface area contributed by atoms with Crippen LogP contribution >= 0.6 is 0 Å². The van der Waals surface area contributed by atoms with Crippen molar-refractivity contribution in [2.75, 3.05) is 0 Å². The molecule has 3 aromatic rings. The summed E-state index contributed by atoms with van der Waals surface area (Å²) in [6, 6.07) is 11.1. The van der Waals surface area contributed by atoms with Crippen LogP contribution in [-0.4, -0.2) is 26.9 Å². The lowest BCUT2D eigenvalue weighted by atomic mass is 9.75. The molecular formula is C27H28N4O4. The van der Waals surface area contributed by atoms with E-state index in [1.165, 1.54) is 18.1 Å². The van der Waals surface area contributed by atoms with E-state index in [-0.39, 0.29) is 30.4 Å². The number of carbonyl (C=O) groups excluding carboxylic acids is 2. The normalized spacial score (nSPS) is 15.6. The van der Waals surface area contributed by atoms with Gasteiger partial charge in [0.05, 0.1) is 29.4 Å². The first-order chi connectivity index (χ1) is 16.8. The Labute approximate surface area is 204 Å². The third-order valence-corrected chi connectivity index (χ3v) is 6.72. The Morgan fingerprint density at radius 2 is 2.06 bits per heavy atom. The first kappa shape index (κ1) is 24.1. The van der Waals surface area contributed by atoms with E-state index in [2.05, 4.69) is 16.4 Å². The molecule has 0 radical (unpaired) electrons. The van der Waals surface area contributed by atoms with E-state index in [1.807, 2.05) is 32.9 Å². The molecule has 2 atom stereocenters. The zero-order chi connectivity index (χ0) is 25.1. The van der Waals surface area contributed by atoms with Crippen molar-refractivity contribution in [2.45, 2.75) is 53.6 Å². The number of aryl methyl sites for hydroxylation is 1. The summed E-state index contributed by atoms with van der Waals surface area (Å²) >= 11 is 0. The van der Waals surface area contributed by atoms with Gasteiger partial charge in [-0.25, -0.2) is 4.68 Å². The molecule has 0 amide bonds. The number of rotatable bonds is 6.